The standard InChI is InChI=1S/C50H31NS2/c1-3-14-33(15-4-1)37-23-13-27-47-48(37)41-25-12-24-40(49(41)53-47)42-31-44-43-30-35(28-29-46(43)52-50(44)39-22-10-9-21-38(39)42)51(34-18-5-2-6-19-34)45-26-11-17-32-16-7-8-20-36(32)45/h1-31H. The first-order valence-corrected chi connectivity index (χ1v) is 19.6. The number of hydrogen-bond donors (Lipinski definition) is 0. The largest absolute Gasteiger partial charge is 0.310 e. The van der Waals surface area contributed by atoms with Gasteiger partial charge in [-0.05, 0) is 76.0 Å². The van der Waals surface area contributed by atoms with Crippen LogP contribution in [0.15, 0.2) is 188 Å². The first kappa shape index (κ1) is 30.4. The minimum absolute atomic E-state index is 1.14. The molecule has 0 unspecified atom stereocenters. The van der Waals surface area contributed by atoms with E-state index in [1.807, 2.05) is 22.7 Å². The minimum Gasteiger partial charge on any atom is -0.310 e. The second-order valence-corrected chi connectivity index (χ2v) is 15.7. The second kappa shape index (κ2) is 12.2. The van der Waals surface area contributed by atoms with Crippen molar-refractivity contribution in [1.82, 2.24) is 0 Å². The molecule has 11 rings (SSSR count). The van der Waals surface area contributed by atoms with Crippen LogP contribution in [-0.4, -0.2) is 0 Å². The third-order valence-corrected chi connectivity index (χ3v) is 13.1. The van der Waals surface area contributed by atoms with Crippen LogP contribution >= 0.6 is 22.7 Å². The van der Waals surface area contributed by atoms with E-state index in [0.29, 0.717) is 0 Å². The molecule has 0 aliphatic carbocycles. The third kappa shape index (κ3) is 4.82. The topological polar surface area (TPSA) is 3.24 Å². The molecule has 0 bridgehead atoms. The molecule has 0 atom stereocenters. The Morgan fingerprint density at radius 1 is 0.340 bits per heavy atom. The van der Waals surface area contributed by atoms with Gasteiger partial charge in [-0.1, -0.05) is 140 Å². The Labute approximate surface area is 315 Å². The van der Waals surface area contributed by atoms with E-state index in [-0.39, 0.29) is 0 Å². The number of fused-ring (bicyclic) bond motifs is 9. The molecule has 9 aromatic carbocycles. The first-order chi connectivity index (χ1) is 26.3. The molecule has 3 heteroatoms. The van der Waals surface area contributed by atoms with Gasteiger partial charge < -0.3 is 4.90 Å². The summed E-state index contributed by atoms with van der Waals surface area (Å²) in [5.74, 6) is 0. The van der Waals surface area contributed by atoms with E-state index in [0.717, 1.165) is 11.4 Å². The van der Waals surface area contributed by atoms with Crippen molar-refractivity contribution in [3.63, 3.8) is 0 Å². The summed E-state index contributed by atoms with van der Waals surface area (Å²) in [6, 6.07) is 69.0. The summed E-state index contributed by atoms with van der Waals surface area (Å²) in [7, 11) is 0. The number of rotatable bonds is 5. The average Bonchev–Trinajstić information content (AvgIpc) is 3.80. The van der Waals surface area contributed by atoms with Gasteiger partial charge in [-0.2, -0.15) is 0 Å². The second-order valence-electron chi connectivity index (χ2n) is 13.6. The summed E-state index contributed by atoms with van der Waals surface area (Å²) in [5, 5.41) is 10.3. The minimum atomic E-state index is 1.14. The van der Waals surface area contributed by atoms with Crippen molar-refractivity contribution < 1.29 is 0 Å². The van der Waals surface area contributed by atoms with Crippen LogP contribution in [0.4, 0.5) is 17.1 Å². The predicted octanol–water partition coefficient (Wildman–Crippen LogP) is 15.5. The zero-order valence-electron chi connectivity index (χ0n) is 28.7. The van der Waals surface area contributed by atoms with Crippen LogP contribution in [0.1, 0.15) is 0 Å². The average molecular weight is 710 g/mol. The third-order valence-electron chi connectivity index (χ3n) is 10.6. The maximum atomic E-state index is 2.47. The summed E-state index contributed by atoms with van der Waals surface area (Å²) in [4.78, 5) is 2.41. The highest BCUT2D eigenvalue weighted by Gasteiger charge is 2.20. The number of nitrogens with zero attached hydrogens (tertiary/aromatic N) is 1. The van der Waals surface area contributed by atoms with Crippen molar-refractivity contribution in [3.8, 4) is 22.3 Å². The maximum absolute atomic E-state index is 2.47. The lowest BCUT2D eigenvalue weighted by Gasteiger charge is -2.27. The predicted molar refractivity (Wildman–Crippen MR) is 233 cm³/mol. The number of anilines is 3. The smallest absolute Gasteiger partial charge is 0.0540 e. The number of thiophene rings is 2. The Kier molecular flexibility index (Phi) is 6.97. The fourth-order valence-electron chi connectivity index (χ4n) is 8.27. The fraction of sp³-hybridized carbons (Fsp3) is 0. The number of para-hydroxylation sites is 1. The molecule has 2 heterocycles. The molecule has 0 saturated carbocycles. The molecule has 248 valence electrons. The van der Waals surface area contributed by atoms with Gasteiger partial charge in [-0.3, -0.25) is 0 Å². The highest BCUT2D eigenvalue weighted by molar-refractivity contribution is 7.27. The van der Waals surface area contributed by atoms with Gasteiger partial charge in [0.05, 0.1) is 5.69 Å². The quantitative estimate of drug-likeness (QED) is 0.172. The van der Waals surface area contributed by atoms with Gasteiger partial charge in [-0.15, -0.1) is 22.7 Å². The van der Waals surface area contributed by atoms with Gasteiger partial charge in [0.2, 0.25) is 0 Å². The van der Waals surface area contributed by atoms with Crippen molar-refractivity contribution >= 4 is 102 Å². The van der Waals surface area contributed by atoms with Gasteiger partial charge >= 0.3 is 0 Å². The van der Waals surface area contributed by atoms with Gasteiger partial charge in [-0.25, -0.2) is 0 Å². The molecule has 0 radical (unpaired) electrons. The summed E-state index contributed by atoms with van der Waals surface area (Å²) >= 11 is 3.81. The molecule has 0 saturated heterocycles. The Hall–Kier alpha value is -6.26. The molecule has 0 amide bonds. The zero-order chi connectivity index (χ0) is 34.9. The molecule has 0 fully saturated rings. The lowest BCUT2D eigenvalue weighted by Crippen LogP contribution is -2.10. The molecule has 0 N–H and O–H groups in total. The zero-order valence-corrected chi connectivity index (χ0v) is 30.3. The van der Waals surface area contributed by atoms with Gasteiger partial charge in [0, 0.05) is 68.1 Å². The van der Waals surface area contributed by atoms with Crippen molar-refractivity contribution in [3.05, 3.63) is 188 Å². The Morgan fingerprint density at radius 3 is 1.87 bits per heavy atom. The highest BCUT2D eigenvalue weighted by atomic mass is 32.1. The van der Waals surface area contributed by atoms with Crippen LogP contribution in [0.25, 0.3) is 84.1 Å². The molecule has 53 heavy (non-hydrogen) atoms. The van der Waals surface area contributed by atoms with Crippen LogP contribution in [0.5, 0.6) is 0 Å². The molecular formula is C50H31NS2. The normalized spacial score (nSPS) is 11.8. The molecule has 1 nitrogen and oxygen atoms in total. The van der Waals surface area contributed by atoms with Crippen LogP contribution in [0.3, 0.4) is 0 Å². The van der Waals surface area contributed by atoms with Gasteiger partial charge in [0.25, 0.3) is 0 Å². The number of hydrogen-bond acceptors (Lipinski definition) is 3. The SMILES string of the molecule is c1ccc(-c2cccc3sc4c(-c5cc6c7cc(N(c8ccccc8)c8cccc9ccccc89)ccc7sc6c6ccccc56)cccc4c23)cc1. The van der Waals surface area contributed by atoms with E-state index in [1.165, 1.54) is 89.8 Å². The molecule has 0 spiro atoms. The van der Waals surface area contributed by atoms with Crippen LogP contribution in [-0.2, 0) is 0 Å². The Bertz CT molecular complexity index is 3170. The van der Waals surface area contributed by atoms with Crippen LogP contribution in [0.2, 0.25) is 0 Å². The van der Waals surface area contributed by atoms with Gasteiger partial charge in [0.15, 0.2) is 0 Å². The lowest BCUT2D eigenvalue weighted by atomic mass is 9.93. The first-order valence-electron chi connectivity index (χ1n) is 18.0. The summed E-state index contributed by atoms with van der Waals surface area (Å²) < 4.78 is 5.29. The van der Waals surface area contributed by atoms with Crippen molar-refractivity contribution in [2.45, 2.75) is 0 Å². The van der Waals surface area contributed by atoms with E-state index < -0.39 is 0 Å². The van der Waals surface area contributed by atoms with Gasteiger partial charge in [0.1, 0.15) is 0 Å². The van der Waals surface area contributed by atoms with E-state index in [9.17, 15) is 0 Å². The monoisotopic (exact) mass is 709 g/mol. The molecule has 0 aliphatic heterocycles. The highest BCUT2D eigenvalue weighted by Crippen LogP contribution is 2.49. The van der Waals surface area contributed by atoms with Crippen molar-refractivity contribution in [1.29, 1.82) is 0 Å². The van der Waals surface area contributed by atoms with Crippen molar-refractivity contribution in [2.75, 3.05) is 4.90 Å². The van der Waals surface area contributed by atoms with E-state index in [1.54, 1.807) is 0 Å². The summed E-state index contributed by atoms with van der Waals surface area (Å²) in [6.45, 7) is 0. The lowest BCUT2D eigenvalue weighted by molar-refractivity contribution is 1.30. The van der Waals surface area contributed by atoms with Crippen molar-refractivity contribution in [2.24, 2.45) is 0 Å². The Morgan fingerprint density at radius 2 is 1.00 bits per heavy atom. The molecular weight excluding hydrogens is 679 g/mol. The fourth-order valence-corrected chi connectivity index (χ4v) is 10.7. The van der Waals surface area contributed by atoms with E-state index >= 15 is 0 Å². The van der Waals surface area contributed by atoms with E-state index in [4.69, 9.17) is 0 Å². The molecule has 2 aromatic heterocycles. The maximum Gasteiger partial charge on any atom is 0.0540 e. The van der Waals surface area contributed by atoms with E-state index in [2.05, 4.69) is 193 Å². The summed E-state index contributed by atoms with van der Waals surface area (Å²) in [6.07, 6.45) is 0. The Balaban J connectivity index is 1.17. The number of benzene rings is 9. The molecule has 0 aliphatic rings. The van der Waals surface area contributed by atoms with Crippen LogP contribution in [0, 0.1) is 0 Å². The summed E-state index contributed by atoms with van der Waals surface area (Å²) in [5.41, 5.74) is 8.57. The molecule has 11 aromatic rings. The van der Waals surface area contributed by atoms with Crippen LogP contribution < -0.4 is 4.90 Å².